The molecule has 1 aliphatic rings. The Morgan fingerprint density at radius 3 is 2.68 bits per heavy atom. The maximum absolute atomic E-state index is 13.0. The summed E-state index contributed by atoms with van der Waals surface area (Å²) in [6.07, 6.45) is 2.95. The van der Waals surface area contributed by atoms with Gasteiger partial charge in [-0.3, -0.25) is 4.79 Å². The number of halogens is 2. The van der Waals surface area contributed by atoms with Gasteiger partial charge in [0.1, 0.15) is 5.82 Å². The molecule has 124 valence electrons. The van der Waals surface area contributed by atoms with Gasteiger partial charge in [0, 0.05) is 13.0 Å². The molecule has 0 aliphatic heterocycles. The summed E-state index contributed by atoms with van der Waals surface area (Å²) < 4.78 is 18.2. The maximum atomic E-state index is 13.0. The summed E-state index contributed by atoms with van der Waals surface area (Å²) in [7, 11) is 1.58. The van der Waals surface area contributed by atoms with Gasteiger partial charge in [0.2, 0.25) is 5.91 Å². The molecule has 1 amide bonds. The van der Waals surface area contributed by atoms with Crippen molar-refractivity contribution in [3.63, 3.8) is 0 Å². The lowest BCUT2D eigenvalue weighted by atomic mass is 9.94. The van der Waals surface area contributed by atoms with E-state index in [1.165, 1.54) is 12.1 Å². The zero-order chi connectivity index (χ0) is 15.2. The molecule has 1 aliphatic carbocycles. The molecule has 1 aromatic carbocycles. The normalized spacial score (nSPS) is 22.0. The summed E-state index contributed by atoms with van der Waals surface area (Å²) in [5.74, 6) is -0.0224. The van der Waals surface area contributed by atoms with Crippen molar-refractivity contribution in [1.82, 2.24) is 5.32 Å². The number of nitrogens with two attached hydrogens (primary N) is 1. The number of hydrogen-bond acceptors (Lipinski definition) is 3. The van der Waals surface area contributed by atoms with Crippen LogP contribution in [0.3, 0.4) is 0 Å². The van der Waals surface area contributed by atoms with Crippen LogP contribution in [0.5, 0.6) is 0 Å². The Bertz CT molecular complexity index is 470. The van der Waals surface area contributed by atoms with E-state index in [1.807, 2.05) is 0 Å². The molecule has 1 unspecified atom stereocenters. The summed E-state index contributed by atoms with van der Waals surface area (Å²) in [6.45, 7) is 0.904. The van der Waals surface area contributed by atoms with Crippen LogP contribution in [-0.4, -0.2) is 26.2 Å². The third-order valence-corrected chi connectivity index (χ3v) is 4.22. The zero-order valence-electron chi connectivity index (χ0n) is 12.8. The van der Waals surface area contributed by atoms with Gasteiger partial charge in [0.15, 0.2) is 0 Å². The summed E-state index contributed by atoms with van der Waals surface area (Å²) >= 11 is 0. The van der Waals surface area contributed by atoms with E-state index in [2.05, 4.69) is 5.32 Å². The lowest BCUT2D eigenvalue weighted by Gasteiger charge is -2.23. The van der Waals surface area contributed by atoms with E-state index in [0.717, 1.165) is 24.8 Å². The first-order chi connectivity index (χ1) is 10.2. The minimum absolute atomic E-state index is 0. The number of benzene rings is 1. The van der Waals surface area contributed by atoms with Crippen LogP contribution in [-0.2, 0) is 9.53 Å². The molecule has 0 saturated heterocycles. The Balaban J connectivity index is 0.00000242. The molecule has 0 aromatic heterocycles. The molecule has 0 bridgehead atoms. The Hall–Kier alpha value is -1.17. The predicted octanol–water partition coefficient (Wildman–Crippen LogP) is 2.43. The number of hydrogen-bond donors (Lipinski definition) is 2. The van der Waals surface area contributed by atoms with E-state index in [-0.39, 0.29) is 42.0 Å². The number of carbonyl (C=O) groups excluding carboxylic acids is 1. The van der Waals surface area contributed by atoms with Gasteiger partial charge in [0.25, 0.3) is 0 Å². The minimum atomic E-state index is -0.291. The smallest absolute Gasteiger partial charge is 0.224 e. The number of carbonyl (C=O) groups is 1. The third kappa shape index (κ3) is 4.66. The Kier molecular flexibility index (Phi) is 7.79. The van der Waals surface area contributed by atoms with Crippen LogP contribution < -0.4 is 11.1 Å². The minimum Gasteiger partial charge on any atom is -0.382 e. The molecular weight excluding hydrogens is 307 g/mol. The molecule has 3 N–H and O–H groups in total. The van der Waals surface area contributed by atoms with Gasteiger partial charge < -0.3 is 15.8 Å². The topological polar surface area (TPSA) is 64.3 Å². The molecule has 2 rings (SSSR count). The third-order valence-electron chi connectivity index (χ3n) is 4.22. The Labute approximate surface area is 137 Å². The van der Waals surface area contributed by atoms with E-state index >= 15 is 0 Å². The van der Waals surface area contributed by atoms with E-state index < -0.39 is 0 Å². The van der Waals surface area contributed by atoms with Crippen LogP contribution >= 0.6 is 12.4 Å². The molecule has 0 radical (unpaired) electrons. The first kappa shape index (κ1) is 18.9. The van der Waals surface area contributed by atoms with Crippen molar-refractivity contribution in [3.05, 3.63) is 35.6 Å². The lowest BCUT2D eigenvalue weighted by Crippen LogP contribution is -2.38. The first-order valence-electron chi connectivity index (χ1n) is 7.40. The number of nitrogens with one attached hydrogen (secondary N) is 1. The summed E-state index contributed by atoms with van der Waals surface area (Å²) in [5.41, 5.74) is 6.57. The second-order valence-electron chi connectivity index (χ2n) is 5.60. The Morgan fingerprint density at radius 2 is 2.09 bits per heavy atom. The summed E-state index contributed by atoms with van der Waals surface area (Å²) in [5, 5.41) is 3.02. The van der Waals surface area contributed by atoms with Gasteiger partial charge in [0.05, 0.1) is 12.6 Å². The number of amides is 1. The van der Waals surface area contributed by atoms with Gasteiger partial charge in [-0.05, 0) is 43.0 Å². The lowest BCUT2D eigenvalue weighted by molar-refractivity contribution is -0.127. The van der Waals surface area contributed by atoms with Gasteiger partial charge in [-0.15, -0.1) is 12.4 Å². The highest BCUT2D eigenvalue weighted by Crippen LogP contribution is 2.31. The van der Waals surface area contributed by atoms with Crippen molar-refractivity contribution in [1.29, 1.82) is 0 Å². The van der Waals surface area contributed by atoms with Crippen molar-refractivity contribution in [3.8, 4) is 0 Å². The molecule has 1 aromatic rings. The molecule has 0 spiro atoms. The van der Waals surface area contributed by atoms with Crippen molar-refractivity contribution >= 4 is 18.3 Å². The number of ether oxygens (including phenoxy) is 1. The molecular formula is C16H24ClFN2O2. The molecule has 1 saturated carbocycles. The van der Waals surface area contributed by atoms with E-state index in [9.17, 15) is 9.18 Å². The maximum Gasteiger partial charge on any atom is 0.224 e. The largest absolute Gasteiger partial charge is 0.382 e. The van der Waals surface area contributed by atoms with Crippen molar-refractivity contribution in [2.45, 2.75) is 25.3 Å². The standard InChI is InChI=1S/C16H23FN2O2.ClH/c1-21-10-15(11-5-7-13(17)8-6-11)19-16(20)14-4-2-3-12(14)9-18;/h5-8,12,14-15H,2-4,9-10,18H2,1H3,(H,19,20);1H/t12-,14-,15?;/m1./s1. The molecule has 4 nitrogen and oxygen atoms in total. The fraction of sp³-hybridized carbons (Fsp3) is 0.562. The van der Waals surface area contributed by atoms with Gasteiger partial charge in [-0.1, -0.05) is 18.6 Å². The Morgan fingerprint density at radius 1 is 1.41 bits per heavy atom. The van der Waals surface area contributed by atoms with Gasteiger partial charge in [-0.2, -0.15) is 0 Å². The monoisotopic (exact) mass is 330 g/mol. The average Bonchev–Trinajstić information content (AvgIpc) is 2.96. The SMILES string of the molecule is COCC(NC(=O)[C@@H]1CCC[C@@H]1CN)c1ccc(F)cc1.Cl. The second-order valence-corrected chi connectivity index (χ2v) is 5.60. The van der Waals surface area contributed by atoms with Crippen LogP contribution in [0.15, 0.2) is 24.3 Å². The molecule has 0 heterocycles. The van der Waals surface area contributed by atoms with Crippen molar-refractivity contribution in [2.75, 3.05) is 20.3 Å². The molecule has 22 heavy (non-hydrogen) atoms. The van der Waals surface area contributed by atoms with Crippen LogP contribution in [0.25, 0.3) is 0 Å². The number of rotatable bonds is 6. The fourth-order valence-electron chi connectivity index (χ4n) is 3.03. The van der Waals surface area contributed by atoms with Crippen LogP contribution in [0.1, 0.15) is 30.9 Å². The highest BCUT2D eigenvalue weighted by Gasteiger charge is 2.33. The van der Waals surface area contributed by atoms with Crippen molar-refractivity contribution in [2.24, 2.45) is 17.6 Å². The molecule has 1 fully saturated rings. The average molecular weight is 331 g/mol. The summed E-state index contributed by atoms with van der Waals surface area (Å²) in [6, 6.07) is 5.87. The van der Waals surface area contributed by atoms with Crippen LogP contribution in [0.2, 0.25) is 0 Å². The highest BCUT2D eigenvalue weighted by molar-refractivity contribution is 5.85. The molecule has 3 atom stereocenters. The predicted molar refractivity (Wildman–Crippen MR) is 86.3 cm³/mol. The van der Waals surface area contributed by atoms with Gasteiger partial charge in [-0.25, -0.2) is 4.39 Å². The number of methoxy groups -OCH3 is 1. The van der Waals surface area contributed by atoms with E-state index in [4.69, 9.17) is 10.5 Å². The van der Waals surface area contributed by atoms with Gasteiger partial charge >= 0.3 is 0 Å². The second kappa shape index (κ2) is 9.08. The van der Waals surface area contributed by atoms with Crippen LogP contribution in [0, 0.1) is 17.7 Å². The summed E-state index contributed by atoms with van der Waals surface area (Å²) in [4.78, 5) is 12.4. The fourth-order valence-corrected chi connectivity index (χ4v) is 3.03. The highest BCUT2D eigenvalue weighted by atomic mass is 35.5. The van der Waals surface area contributed by atoms with E-state index in [1.54, 1.807) is 19.2 Å². The quantitative estimate of drug-likeness (QED) is 0.842. The van der Waals surface area contributed by atoms with E-state index in [0.29, 0.717) is 13.2 Å². The zero-order valence-corrected chi connectivity index (χ0v) is 13.6. The first-order valence-corrected chi connectivity index (χ1v) is 7.40. The molecule has 6 heteroatoms. The van der Waals surface area contributed by atoms with Crippen LogP contribution in [0.4, 0.5) is 4.39 Å². The van der Waals surface area contributed by atoms with Crippen molar-refractivity contribution < 1.29 is 13.9 Å².